The van der Waals surface area contributed by atoms with Crippen LogP contribution in [0.3, 0.4) is 0 Å². The minimum absolute atomic E-state index is 0.196. The molecule has 0 aliphatic carbocycles. The molecule has 0 aromatic heterocycles. The lowest BCUT2D eigenvalue weighted by molar-refractivity contribution is 0.593. The minimum Gasteiger partial charge on any atom is -0.314 e. The maximum absolute atomic E-state index is 13.7. The summed E-state index contributed by atoms with van der Waals surface area (Å²) in [6.07, 6.45) is 3.73. The van der Waals surface area contributed by atoms with Crippen LogP contribution in [0.1, 0.15) is 32.8 Å². The van der Waals surface area contributed by atoms with Gasteiger partial charge >= 0.3 is 0 Å². The van der Waals surface area contributed by atoms with Crippen LogP contribution in [0.15, 0.2) is 29.8 Å². The van der Waals surface area contributed by atoms with Gasteiger partial charge in [0, 0.05) is 6.04 Å². The van der Waals surface area contributed by atoms with Gasteiger partial charge in [-0.25, -0.2) is 4.39 Å². The highest BCUT2D eigenvalue weighted by Crippen LogP contribution is 2.20. The van der Waals surface area contributed by atoms with E-state index in [2.05, 4.69) is 25.2 Å². The Kier molecular flexibility index (Phi) is 6.37. The lowest BCUT2D eigenvalue weighted by Gasteiger charge is -2.07. The van der Waals surface area contributed by atoms with E-state index in [9.17, 15) is 4.39 Å². The van der Waals surface area contributed by atoms with Gasteiger partial charge in [0.25, 0.3) is 0 Å². The van der Waals surface area contributed by atoms with Crippen LogP contribution in [0.4, 0.5) is 4.39 Å². The standard InChI is InChI=1S/C15H21ClFN/c1-11(2)18-9-5-6-12(3)10-13-7-4-8-14(16)15(13)17/h4,6-8,11,18H,5,9-10H2,1-3H3/b12-6-. The highest BCUT2D eigenvalue weighted by Gasteiger charge is 2.06. The molecule has 0 fully saturated rings. The zero-order chi connectivity index (χ0) is 13.5. The summed E-state index contributed by atoms with van der Waals surface area (Å²) in [5, 5.41) is 3.54. The fraction of sp³-hybridized carbons (Fsp3) is 0.467. The van der Waals surface area contributed by atoms with Gasteiger partial charge in [0.2, 0.25) is 0 Å². The van der Waals surface area contributed by atoms with Crippen molar-refractivity contribution in [2.75, 3.05) is 6.54 Å². The Hall–Kier alpha value is -0.860. The minimum atomic E-state index is -0.299. The molecule has 0 atom stereocenters. The highest BCUT2D eigenvalue weighted by atomic mass is 35.5. The van der Waals surface area contributed by atoms with E-state index in [-0.39, 0.29) is 10.8 Å². The number of nitrogens with one attached hydrogen (secondary N) is 1. The molecule has 100 valence electrons. The number of benzene rings is 1. The number of allylic oxidation sites excluding steroid dienone is 1. The van der Waals surface area contributed by atoms with Crippen LogP contribution in [0.25, 0.3) is 0 Å². The molecule has 0 bridgehead atoms. The zero-order valence-electron chi connectivity index (χ0n) is 11.3. The van der Waals surface area contributed by atoms with Gasteiger partial charge in [-0.05, 0) is 37.9 Å². The maximum atomic E-state index is 13.7. The van der Waals surface area contributed by atoms with Gasteiger partial charge in [0.15, 0.2) is 0 Å². The highest BCUT2D eigenvalue weighted by molar-refractivity contribution is 6.30. The molecule has 1 aromatic rings. The topological polar surface area (TPSA) is 12.0 Å². The van der Waals surface area contributed by atoms with Crippen LogP contribution in [-0.4, -0.2) is 12.6 Å². The van der Waals surface area contributed by atoms with Gasteiger partial charge in [-0.15, -0.1) is 0 Å². The average molecular weight is 270 g/mol. The first kappa shape index (κ1) is 15.2. The summed E-state index contributed by atoms with van der Waals surface area (Å²) in [5.74, 6) is -0.299. The van der Waals surface area contributed by atoms with E-state index in [1.54, 1.807) is 18.2 Å². The van der Waals surface area contributed by atoms with Crippen molar-refractivity contribution in [3.05, 3.63) is 46.3 Å². The van der Waals surface area contributed by atoms with Crippen LogP contribution in [-0.2, 0) is 6.42 Å². The van der Waals surface area contributed by atoms with Crippen LogP contribution >= 0.6 is 11.6 Å². The Labute approximate surface area is 114 Å². The molecule has 1 N–H and O–H groups in total. The molecule has 0 aliphatic heterocycles. The zero-order valence-corrected chi connectivity index (χ0v) is 12.0. The Balaban J connectivity index is 2.51. The molecule has 0 spiro atoms. The van der Waals surface area contributed by atoms with E-state index in [4.69, 9.17) is 11.6 Å². The first-order chi connectivity index (χ1) is 8.50. The molecule has 1 nitrogen and oxygen atoms in total. The van der Waals surface area contributed by atoms with E-state index >= 15 is 0 Å². The Morgan fingerprint density at radius 1 is 1.44 bits per heavy atom. The normalized spacial score (nSPS) is 12.2. The van der Waals surface area contributed by atoms with Crippen LogP contribution in [0.2, 0.25) is 5.02 Å². The van der Waals surface area contributed by atoms with Gasteiger partial charge < -0.3 is 5.32 Å². The summed E-state index contributed by atoms with van der Waals surface area (Å²) in [5.41, 5.74) is 1.83. The smallest absolute Gasteiger partial charge is 0.145 e. The van der Waals surface area contributed by atoms with Crippen molar-refractivity contribution < 1.29 is 4.39 Å². The molecular weight excluding hydrogens is 249 g/mol. The average Bonchev–Trinajstić information content (AvgIpc) is 2.30. The van der Waals surface area contributed by atoms with Crippen molar-refractivity contribution >= 4 is 11.6 Å². The SMILES string of the molecule is C/C(=C/CCNC(C)C)Cc1cccc(Cl)c1F. The van der Waals surface area contributed by atoms with Gasteiger partial charge in [-0.3, -0.25) is 0 Å². The first-order valence-corrected chi connectivity index (χ1v) is 6.70. The van der Waals surface area contributed by atoms with Crippen molar-refractivity contribution in [2.45, 2.75) is 39.7 Å². The van der Waals surface area contributed by atoms with Crippen LogP contribution < -0.4 is 5.32 Å². The maximum Gasteiger partial charge on any atom is 0.145 e. The summed E-state index contributed by atoms with van der Waals surface area (Å²) in [7, 11) is 0. The Morgan fingerprint density at radius 3 is 2.83 bits per heavy atom. The third-order valence-electron chi connectivity index (χ3n) is 2.69. The van der Waals surface area contributed by atoms with Crippen molar-refractivity contribution in [3.8, 4) is 0 Å². The molecular formula is C15H21ClFN. The molecule has 0 unspecified atom stereocenters. The number of halogens is 2. The van der Waals surface area contributed by atoms with Crippen molar-refractivity contribution in [2.24, 2.45) is 0 Å². The number of rotatable bonds is 6. The molecule has 0 radical (unpaired) electrons. The van der Waals surface area contributed by atoms with E-state index < -0.39 is 0 Å². The third-order valence-corrected chi connectivity index (χ3v) is 2.98. The van der Waals surface area contributed by atoms with Crippen LogP contribution in [0.5, 0.6) is 0 Å². The van der Waals surface area contributed by atoms with Crippen molar-refractivity contribution in [3.63, 3.8) is 0 Å². The summed E-state index contributed by atoms with van der Waals surface area (Å²) in [6, 6.07) is 5.65. The van der Waals surface area contributed by atoms with E-state index in [0.29, 0.717) is 18.0 Å². The summed E-state index contributed by atoms with van der Waals surface area (Å²) >= 11 is 5.75. The second-order valence-electron chi connectivity index (χ2n) is 4.84. The van der Waals surface area contributed by atoms with E-state index in [1.165, 1.54) is 5.57 Å². The molecule has 0 saturated carbocycles. The fourth-order valence-electron chi connectivity index (χ4n) is 1.75. The van der Waals surface area contributed by atoms with Gasteiger partial charge in [-0.2, -0.15) is 0 Å². The molecule has 3 heteroatoms. The lowest BCUT2D eigenvalue weighted by Crippen LogP contribution is -2.23. The molecule has 0 heterocycles. The monoisotopic (exact) mass is 269 g/mol. The molecule has 1 rings (SSSR count). The summed E-state index contributed by atoms with van der Waals surface area (Å²) in [4.78, 5) is 0. The van der Waals surface area contributed by atoms with Gasteiger partial charge in [-0.1, -0.05) is 49.2 Å². The van der Waals surface area contributed by atoms with Gasteiger partial charge in [0.05, 0.1) is 5.02 Å². The first-order valence-electron chi connectivity index (χ1n) is 6.32. The van der Waals surface area contributed by atoms with E-state index in [0.717, 1.165) is 13.0 Å². The predicted octanol–water partition coefficient (Wildman–Crippen LogP) is 4.36. The van der Waals surface area contributed by atoms with Crippen molar-refractivity contribution in [1.82, 2.24) is 5.32 Å². The molecule has 1 aromatic carbocycles. The summed E-state index contributed by atoms with van der Waals surface area (Å²) in [6.45, 7) is 7.22. The third kappa shape index (κ3) is 5.19. The number of hydrogen-bond acceptors (Lipinski definition) is 1. The number of hydrogen-bond donors (Lipinski definition) is 1. The molecule has 0 saturated heterocycles. The largest absolute Gasteiger partial charge is 0.314 e. The van der Waals surface area contributed by atoms with E-state index in [1.807, 2.05) is 6.92 Å². The predicted molar refractivity (Wildman–Crippen MR) is 76.6 cm³/mol. The molecule has 0 aliphatic rings. The lowest BCUT2D eigenvalue weighted by atomic mass is 10.0. The quantitative estimate of drug-likeness (QED) is 0.598. The molecule has 0 amide bonds. The Morgan fingerprint density at radius 2 is 2.17 bits per heavy atom. The second kappa shape index (κ2) is 7.55. The van der Waals surface area contributed by atoms with Gasteiger partial charge in [0.1, 0.15) is 5.82 Å². The second-order valence-corrected chi connectivity index (χ2v) is 5.24. The fourth-order valence-corrected chi connectivity index (χ4v) is 1.94. The summed E-state index contributed by atoms with van der Waals surface area (Å²) < 4.78 is 13.7. The molecule has 18 heavy (non-hydrogen) atoms. The Bertz CT molecular complexity index is 413. The van der Waals surface area contributed by atoms with Crippen molar-refractivity contribution in [1.29, 1.82) is 0 Å². The van der Waals surface area contributed by atoms with Crippen LogP contribution in [0, 0.1) is 5.82 Å².